The van der Waals surface area contributed by atoms with Crippen molar-refractivity contribution in [2.45, 2.75) is 39.7 Å². The number of hydrogen-bond acceptors (Lipinski definition) is 7. The number of carbonyl (C=O) groups is 1. The lowest BCUT2D eigenvalue weighted by atomic mass is 10.1. The first kappa shape index (κ1) is 14.5. The standard InChI is InChI=1S/C12H14ClN3O4/c1-6-9(11(13)19-15-6)4-5-10(17)18-7(2)12-14-8(3)16-20-12/h7H,4-5H2,1-3H3/t7-/m0/s1. The first-order valence-electron chi connectivity index (χ1n) is 6.07. The molecule has 2 aromatic rings. The molecule has 2 heterocycles. The average molecular weight is 300 g/mol. The van der Waals surface area contributed by atoms with Gasteiger partial charge in [0.15, 0.2) is 11.9 Å². The van der Waals surface area contributed by atoms with Gasteiger partial charge in [-0.3, -0.25) is 4.79 Å². The van der Waals surface area contributed by atoms with Gasteiger partial charge in [-0.1, -0.05) is 10.3 Å². The predicted molar refractivity (Wildman–Crippen MR) is 68.1 cm³/mol. The Hall–Kier alpha value is -1.89. The summed E-state index contributed by atoms with van der Waals surface area (Å²) < 4.78 is 14.9. The van der Waals surface area contributed by atoms with Gasteiger partial charge >= 0.3 is 5.97 Å². The van der Waals surface area contributed by atoms with Crippen molar-refractivity contribution in [3.63, 3.8) is 0 Å². The molecule has 7 nitrogen and oxygen atoms in total. The SMILES string of the molecule is Cc1noc([C@H](C)OC(=O)CCc2c(C)noc2Cl)n1. The van der Waals surface area contributed by atoms with Gasteiger partial charge in [0.05, 0.1) is 5.69 Å². The van der Waals surface area contributed by atoms with Crippen LogP contribution in [0, 0.1) is 13.8 Å². The summed E-state index contributed by atoms with van der Waals surface area (Å²) in [5, 5.41) is 7.56. The molecule has 0 radical (unpaired) electrons. The number of esters is 1. The van der Waals surface area contributed by atoms with Crippen LogP contribution in [-0.2, 0) is 16.0 Å². The van der Waals surface area contributed by atoms with E-state index in [1.54, 1.807) is 20.8 Å². The van der Waals surface area contributed by atoms with E-state index in [1.807, 2.05) is 0 Å². The smallest absolute Gasteiger partial charge is 0.306 e. The van der Waals surface area contributed by atoms with Gasteiger partial charge < -0.3 is 13.8 Å². The topological polar surface area (TPSA) is 91.2 Å². The zero-order valence-corrected chi connectivity index (χ0v) is 12.1. The number of nitrogens with zero attached hydrogens (tertiary/aromatic N) is 3. The van der Waals surface area contributed by atoms with E-state index in [0.29, 0.717) is 23.5 Å². The summed E-state index contributed by atoms with van der Waals surface area (Å²) in [5.41, 5.74) is 1.38. The summed E-state index contributed by atoms with van der Waals surface area (Å²) in [5.74, 6) is 0.384. The highest BCUT2D eigenvalue weighted by atomic mass is 35.5. The Kier molecular flexibility index (Phi) is 4.39. The molecule has 0 bridgehead atoms. The minimum absolute atomic E-state index is 0.166. The molecule has 2 aromatic heterocycles. The summed E-state index contributed by atoms with van der Waals surface area (Å²) in [7, 11) is 0. The Bertz CT molecular complexity index is 588. The van der Waals surface area contributed by atoms with Crippen LogP contribution in [-0.4, -0.2) is 21.3 Å². The van der Waals surface area contributed by atoms with Gasteiger partial charge in [-0.05, 0) is 38.8 Å². The molecular formula is C12H14ClN3O4. The van der Waals surface area contributed by atoms with Crippen molar-refractivity contribution in [3.8, 4) is 0 Å². The summed E-state index contributed by atoms with van der Waals surface area (Å²) in [4.78, 5) is 15.7. The Labute approximate surface area is 120 Å². The molecule has 0 unspecified atom stereocenters. The second-order valence-electron chi connectivity index (χ2n) is 4.33. The highest BCUT2D eigenvalue weighted by Gasteiger charge is 2.19. The molecule has 0 amide bonds. The van der Waals surface area contributed by atoms with Gasteiger partial charge in [0.2, 0.25) is 5.22 Å². The quantitative estimate of drug-likeness (QED) is 0.783. The Balaban J connectivity index is 1.87. The molecule has 0 aromatic carbocycles. The first-order valence-corrected chi connectivity index (χ1v) is 6.45. The molecule has 8 heteroatoms. The van der Waals surface area contributed by atoms with Crippen LogP contribution in [0.3, 0.4) is 0 Å². The van der Waals surface area contributed by atoms with E-state index in [1.165, 1.54) is 0 Å². The minimum Gasteiger partial charge on any atom is -0.453 e. The molecule has 108 valence electrons. The van der Waals surface area contributed by atoms with Gasteiger partial charge in [-0.15, -0.1) is 0 Å². The van der Waals surface area contributed by atoms with Crippen molar-refractivity contribution in [2.75, 3.05) is 0 Å². The van der Waals surface area contributed by atoms with Gasteiger partial charge in [0.25, 0.3) is 5.89 Å². The third-order valence-corrected chi connectivity index (χ3v) is 3.01. The van der Waals surface area contributed by atoms with E-state index in [2.05, 4.69) is 15.3 Å². The average Bonchev–Trinajstić information content (AvgIpc) is 2.95. The van der Waals surface area contributed by atoms with Crippen molar-refractivity contribution in [1.82, 2.24) is 15.3 Å². The fraction of sp³-hybridized carbons (Fsp3) is 0.500. The van der Waals surface area contributed by atoms with Crippen LogP contribution in [0.25, 0.3) is 0 Å². The maximum Gasteiger partial charge on any atom is 0.306 e. The van der Waals surface area contributed by atoms with Crippen LogP contribution < -0.4 is 0 Å². The molecule has 0 saturated heterocycles. The second kappa shape index (κ2) is 6.04. The zero-order chi connectivity index (χ0) is 14.7. The molecule has 1 atom stereocenters. The molecule has 0 saturated carbocycles. The maximum atomic E-state index is 11.7. The van der Waals surface area contributed by atoms with Crippen LogP contribution in [0.5, 0.6) is 0 Å². The fourth-order valence-corrected chi connectivity index (χ4v) is 1.92. The Morgan fingerprint density at radius 3 is 2.65 bits per heavy atom. The molecule has 0 aliphatic carbocycles. The maximum absolute atomic E-state index is 11.7. The molecular weight excluding hydrogens is 286 g/mol. The van der Waals surface area contributed by atoms with E-state index >= 15 is 0 Å². The number of halogens is 1. The highest BCUT2D eigenvalue weighted by molar-refractivity contribution is 6.29. The van der Waals surface area contributed by atoms with Gasteiger partial charge in [0.1, 0.15) is 0 Å². The molecule has 20 heavy (non-hydrogen) atoms. The van der Waals surface area contributed by atoms with Crippen LogP contribution in [0.2, 0.25) is 5.22 Å². The van der Waals surface area contributed by atoms with Crippen LogP contribution in [0.1, 0.15) is 42.4 Å². The normalized spacial score (nSPS) is 12.4. The van der Waals surface area contributed by atoms with Gasteiger partial charge in [-0.25, -0.2) is 0 Å². The monoisotopic (exact) mass is 299 g/mol. The lowest BCUT2D eigenvalue weighted by Gasteiger charge is -2.08. The van der Waals surface area contributed by atoms with E-state index in [-0.39, 0.29) is 23.5 Å². The Morgan fingerprint density at radius 2 is 2.10 bits per heavy atom. The lowest BCUT2D eigenvalue weighted by molar-refractivity contribution is -0.149. The molecule has 0 fully saturated rings. The third-order valence-electron chi connectivity index (χ3n) is 2.72. The van der Waals surface area contributed by atoms with E-state index < -0.39 is 6.10 Å². The largest absolute Gasteiger partial charge is 0.453 e. The molecule has 0 N–H and O–H groups in total. The molecule has 0 spiro atoms. The summed E-state index contributed by atoms with van der Waals surface area (Å²) in [6, 6.07) is 0. The fourth-order valence-electron chi connectivity index (χ4n) is 1.65. The summed E-state index contributed by atoms with van der Waals surface area (Å²) in [6.07, 6.45) is -0.00955. The molecule has 2 rings (SSSR count). The molecule has 0 aliphatic rings. The number of hydrogen-bond donors (Lipinski definition) is 0. The highest BCUT2D eigenvalue weighted by Crippen LogP contribution is 2.21. The van der Waals surface area contributed by atoms with Crippen molar-refractivity contribution >= 4 is 17.6 Å². The number of aromatic nitrogens is 3. The predicted octanol–water partition coefficient (Wildman–Crippen LogP) is 2.56. The summed E-state index contributed by atoms with van der Waals surface area (Å²) >= 11 is 5.82. The van der Waals surface area contributed by atoms with Crippen molar-refractivity contribution in [1.29, 1.82) is 0 Å². The van der Waals surface area contributed by atoms with E-state index in [4.69, 9.17) is 25.4 Å². The van der Waals surface area contributed by atoms with Crippen LogP contribution in [0.15, 0.2) is 9.05 Å². The van der Waals surface area contributed by atoms with Crippen molar-refractivity contribution in [3.05, 3.63) is 28.2 Å². The van der Waals surface area contributed by atoms with Gasteiger partial charge in [0, 0.05) is 12.0 Å². The third kappa shape index (κ3) is 3.36. The second-order valence-corrected chi connectivity index (χ2v) is 4.68. The number of ether oxygens (including phenoxy) is 1. The van der Waals surface area contributed by atoms with Crippen LogP contribution in [0.4, 0.5) is 0 Å². The lowest BCUT2D eigenvalue weighted by Crippen LogP contribution is -2.10. The van der Waals surface area contributed by atoms with E-state index in [0.717, 1.165) is 0 Å². The van der Waals surface area contributed by atoms with Gasteiger partial charge in [-0.2, -0.15) is 4.98 Å². The zero-order valence-electron chi connectivity index (χ0n) is 11.3. The summed E-state index contributed by atoms with van der Waals surface area (Å²) in [6.45, 7) is 5.13. The minimum atomic E-state index is -0.581. The number of carbonyl (C=O) groups excluding carboxylic acids is 1. The van der Waals surface area contributed by atoms with E-state index in [9.17, 15) is 4.79 Å². The molecule has 0 aliphatic heterocycles. The number of rotatable bonds is 5. The van der Waals surface area contributed by atoms with Crippen LogP contribution >= 0.6 is 11.6 Å². The number of aryl methyl sites for hydroxylation is 2. The first-order chi connectivity index (χ1) is 9.47. The van der Waals surface area contributed by atoms with Crippen molar-refractivity contribution in [2.24, 2.45) is 0 Å². The van der Waals surface area contributed by atoms with Crippen molar-refractivity contribution < 1.29 is 18.6 Å². The Morgan fingerprint density at radius 1 is 1.35 bits per heavy atom.